The summed E-state index contributed by atoms with van der Waals surface area (Å²) in [6, 6.07) is 5.51. The highest BCUT2D eigenvalue weighted by Crippen LogP contribution is 3.02. The minimum atomic E-state index is -9.79. The van der Waals surface area contributed by atoms with Crippen LogP contribution >= 0.6 is 10.2 Å². The third-order valence-electron chi connectivity index (χ3n) is 7.34. The van der Waals surface area contributed by atoms with Crippen LogP contribution < -0.4 is 4.74 Å². The first kappa shape index (κ1) is 29.0. The molecule has 1 fully saturated rings. The lowest BCUT2D eigenvalue weighted by molar-refractivity contribution is 0.116. The number of rotatable bonds is 5. The van der Waals surface area contributed by atoms with Gasteiger partial charge in [-0.1, -0.05) is 48.9 Å². The van der Waals surface area contributed by atoms with E-state index in [0.29, 0.717) is 55.3 Å². The number of imidazole rings is 1. The Bertz CT molecular complexity index is 1480. The Labute approximate surface area is 236 Å². The predicted molar refractivity (Wildman–Crippen MR) is 153 cm³/mol. The molecule has 41 heavy (non-hydrogen) atoms. The van der Waals surface area contributed by atoms with Crippen LogP contribution in [0.25, 0.3) is 11.8 Å². The van der Waals surface area contributed by atoms with Crippen molar-refractivity contribution in [1.29, 1.82) is 0 Å². The van der Waals surface area contributed by atoms with Gasteiger partial charge in [-0.05, 0) is 86.4 Å². The number of allylic oxidation sites excluding steroid dienone is 3. The fraction of sp³-hybridized carbons (Fsp3) is 0.379. The van der Waals surface area contributed by atoms with Crippen molar-refractivity contribution in [3.05, 3.63) is 82.3 Å². The van der Waals surface area contributed by atoms with E-state index in [2.05, 4.69) is 10.1 Å². The minimum absolute atomic E-state index is 0.118. The number of hydrogen-bond acceptors (Lipinski definition) is 5. The van der Waals surface area contributed by atoms with Crippen molar-refractivity contribution in [3.8, 4) is 11.4 Å². The van der Waals surface area contributed by atoms with Crippen LogP contribution in [0.1, 0.15) is 49.8 Å². The van der Waals surface area contributed by atoms with Crippen molar-refractivity contribution in [2.45, 2.75) is 51.5 Å². The van der Waals surface area contributed by atoms with Gasteiger partial charge in [-0.25, -0.2) is 4.98 Å². The molecule has 3 aliphatic rings. The van der Waals surface area contributed by atoms with Gasteiger partial charge in [0.25, 0.3) is 0 Å². The molecule has 2 aliphatic heterocycles. The van der Waals surface area contributed by atoms with Gasteiger partial charge < -0.3 is 19.0 Å². The average molecular weight is 597 g/mol. The van der Waals surface area contributed by atoms with Crippen LogP contribution in [0.5, 0.6) is 5.75 Å². The third-order valence-corrected chi connectivity index (χ3v) is 8.54. The molecule has 1 unspecified atom stereocenters. The van der Waals surface area contributed by atoms with Crippen molar-refractivity contribution in [3.63, 3.8) is 0 Å². The summed E-state index contributed by atoms with van der Waals surface area (Å²) in [6.45, 7) is 2.87. The number of amidine groups is 1. The number of aryl methyl sites for hydroxylation is 1. The number of piperidine rings is 1. The fourth-order valence-corrected chi connectivity index (χ4v) is 6.18. The van der Waals surface area contributed by atoms with E-state index in [0.717, 1.165) is 35.4 Å². The number of halogens is 5. The van der Waals surface area contributed by atoms with E-state index in [1.54, 1.807) is 13.4 Å². The number of oxime groups is 1. The van der Waals surface area contributed by atoms with Crippen molar-refractivity contribution in [1.82, 2.24) is 14.5 Å². The van der Waals surface area contributed by atoms with Crippen LogP contribution in [-0.2, 0) is 4.84 Å². The molecule has 0 amide bonds. The van der Waals surface area contributed by atoms with E-state index in [1.165, 1.54) is 6.08 Å². The second-order valence-corrected chi connectivity index (χ2v) is 12.8. The zero-order valence-electron chi connectivity index (χ0n) is 22.9. The summed E-state index contributed by atoms with van der Waals surface area (Å²) in [7, 11) is -8.18. The number of nitrogens with zero attached hydrogens (tertiary/aromatic N) is 4. The topological polar surface area (TPSA) is 51.9 Å². The van der Waals surface area contributed by atoms with E-state index in [9.17, 15) is 19.4 Å². The monoisotopic (exact) mass is 596 g/mol. The first-order valence-corrected chi connectivity index (χ1v) is 15.5. The first-order chi connectivity index (χ1) is 19.3. The number of hydrogen-bond donors (Lipinski definition) is 0. The molecule has 1 atom stereocenters. The van der Waals surface area contributed by atoms with E-state index in [4.69, 9.17) is 9.57 Å². The molecule has 1 aliphatic carbocycles. The number of fused-ring (bicyclic) bond motifs is 1. The summed E-state index contributed by atoms with van der Waals surface area (Å²) >= 11 is 0. The fourth-order valence-electron chi connectivity index (χ4n) is 5.42. The molecule has 0 radical (unpaired) electrons. The molecule has 5 rings (SSSR count). The molecule has 3 heterocycles. The Morgan fingerprint density at radius 1 is 1.07 bits per heavy atom. The van der Waals surface area contributed by atoms with Gasteiger partial charge in [0.2, 0.25) is 0 Å². The maximum atomic E-state index is 13.6. The van der Waals surface area contributed by atoms with Crippen LogP contribution in [0, 0.1) is 6.92 Å². The molecule has 1 saturated heterocycles. The molecule has 2 aromatic rings. The van der Waals surface area contributed by atoms with E-state index in [1.807, 2.05) is 52.9 Å². The molecule has 0 saturated carbocycles. The summed E-state index contributed by atoms with van der Waals surface area (Å²) in [5.74, 6) is 1.27. The highest BCUT2D eigenvalue weighted by Gasteiger charge is 2.66. The lowest BCUT2D eigenvalue weighted by Crippen LogP contribution is -2.46. The molecule has 1 aromatic carbocycles. The highest BCUT2D eigenvalue weighted by molar-refractivity contribution is 8.48. The predicted octanol–water partition coefficient (Wildman–Crippen LogP) is 8.62. The third kappa shape index (κ3) is 6.69. The smallest absolute Gasteiger partial charge is 0.310 e. The Hall–Kier alpha value is -3.54. The van der Waals surface area contributed by atoms with Gasteiger partial charge in [0.05, 0.1) is 30.9 Å². The first-order valence-electron chi connectivity index (χ1n) is 13.5. The molecule has 0 N–H and O–H groups in total. The maximum Gasteiger partial charge on any atom is 0.310 e. The minimum Gasteiger partial charge on any atom is -0.495 e. The van der Waals surface area contributed by atoms with Crippen molar-refractivity contribution in [2.24, 2.45) is 5.16 Å². The molecular weight excluding hydrogens is 563 g/mol. The van der Waals surface area contributed by atoms with E-state index < -0.39 is 15.1 Å². The number of methoxy groups -OCH3 is 1. The molecule has 6 nitrogen and oxygen atoms in total. The Kier molecular flexibility index (Phi) is 7.33. The number of benzene rings is 1. The SMILES string of the molecule is COc1cc(/C=C2\CCCN3\C2=N/OCCCC3C2=C/CCC=C(S(F)(F)(F)(F)F)/C=C\2)ccc1-n1cnc(C)c1. The number of aromatic nitrogens is 2. The van der Waals surface area contributed by atoms with Gasteiger partial charge >= 0.3 is 10.2 Å². The Morgan fingerprint density at radius 3 is 2.61 bits per heavy atom. The Balaban J connectivity index is 1.47. The maximum absolute atomic E-state index is 13.6. The van der Waals surface area contributed by atoms with Gasteiger partial charge in [-0.15, -0.1) is 0 Å². The van der Waals surface area contributed by atoms with Crippen LogP contribution in [0.2, 0.25) is 0 Å². The second kappa shape index (κ2) is 10.4. The van der Waals surface area contributed by atoms with E-state index in [-0.39, 0.29) is 18.9 Å². The summed E-state index contributed by atoms with van der Waals surface area (Å²) in [4.78, 5) is 10.1. The van der Waals surface area contributed by atoms with Gasteiger partial charge in [-0.2, -0.15) is 0 Å². The summed E-state index contributed by atoms with van der Waals surface area (Å²) in [5, 5.41) is 4.43. The summed E-state index contributed by atoms with van der Waals surface area (Å²) in [5.41, 5.74) is 4.10. The quantitative estimate of drug-likeness (QED) is 0.324. The average Bonchev–Trinajstić information content (AvgIpc) is 3.30. The standard InChI is InChI=1S/C29H33F5N4O2S/c1-21-19-37(20-35-21)27-14-11-22(18-28(27)39-2)17-24-8-5-15-38-26(10-6-16-40-36-29(24)38)23-7-3-4-9-25(13-12-23)41(30,31,32,33)34/h7,9,11-14,17-20,26H,3-6,8,10,15-16H2,1-2H3/b13-12-,23-7+,24-17+,25-9?,36-29-. The Morgan fingerprint density at radius 2 is 1.88 bits per heavy atom. The van der Waals surface area contributed by atoms with Crippen LogP contribution in [0.4, 0.5) is 19.4 Å². The largest absolute Gasteiger partial charge is 0.495 e. The van der Waals surface area contributed by atoms with Crippen molar-refractivity contribution in [2.75, 3.05) is 20.3 Å². The lowest BCUT2D eigenvalue weighted by atomic mass is 9.92. The van der Waals surface area contributed by atoms with Crippen molar-refractivity contribution < 1.29 is 29.0 Å². The van der Waals surface area contributed by atoms with Gasteiger partial charge in [0.1, 0.15) is 17.3 Å². The highest BCUT2D eigenvalue weighted by atomic mass is 32.5. The van der Waals surface area contributed by atoms with Gasteiger partial charge in [-0.3, -0.25) is 0 Å². The molecule has 0 bridgehead atoms. The number of ether oxygens (including phenoxy) is 1. The summed E-state index contributed by atoms with van der Waals surface area (Å²) in [6.07, 6.45) is 12.7. The zero-order chi connectivity index (χ0) is 29.3. The van der Waals surface area contributed by atoms with Crippen LogP contribution in [0.3, 0.4) is 0 Å². The van der Waals surface area contributed by atoms with Crippen LogP contribution in [-0.4, -0.2) is 46.6 Å². The van der Waals surface area contributed by atoms with Gasteiger partial charge in [0, 0.05) is 12.7 Å². The van der Waals surface area contributed by atoms with E-state index >= 15 is 0 Å². The lowest BCUT2D eigenvalue weighted by Gasteiger charge is -2.42. The molecule has 0 spiro atoms. The van der Waals surface area contributed by atoms with Crippen molar-refractivity contribution >= 4 is 22.1 Å². The zero-order valence-corrected chi connectivity index (χ0v) is 23.7. The molecular formula is C29H33F5N4O2S. The van der Waals surface area contributed by atoms with Gasteiger partial charge in [0.15, 0.2) is 5.84 Å². The molecule has 12 heteroatoms. The summed E-state index contributed by atoms with van der Waals surface area (Å²) < 4.78 is 75.5. The molecule has 222 valence electrons. The normalized spacial score (nSPS) is 26.2. The molecule has 1 aromatic heterocycles. The van der Waals surface area contributed by atoms with Crippen LogP contribution in [0.15, 0.2) is 76.2 Å². The second-order valence-electron chi connectivity index (χ2n) is 10.4.